The first kappa shape index (κ1) is 15.6. The van der Waals surface area contributed by atoms with Crippen molar-refractivity contribution in [3.05, 3.63) is 33.8 Å². The second kappa shape index (κ2) is 6.62. The van der Waals surface area contributed by atoms with Gasteiger partial charge in [-0.15, -0.1) is 12.4 Å². The van der Waals surface area contributed by atoms with Crippen molar-refractivity contribution in [2.45, 2.75) is 13.0 Å². The molecule has 1 aromatic carbocycles. The first-order valence-corrected chi connectivity index (χ1v) is 6.31. The number of hydrogen-bond acceptors (Lipinski definition) is 2. The fourth-order valence-corrected chi connectivity index (χ4v) is 2.23. The van der Waals surface area contributed by atoms with E-state index in [4.69, 9.17) is 23.2 Å². The van der Waals surface area contributed by atoms with E-state index in [1.807, 2.05) is 4.90 Å². The van der Waals surface area contributed by atoms with Crippen molar-refractivity contribution in [2.24, 2.45) is 0 Å². The maximum absolute atomic E-state index is 12.2. The highest BCUT2D eigenvalue weighted by Crippen LogP contribution is 2.23. The molecule has 1 N–H and O–H groups in total. The predicted molar refractivity (Wildman–Crippen MR) is 77.1 cm³/mol. The Morgan fingerprint density at radius 3 is 2.72 bits per heavy atom. The van der Waals surface area contributed by atoms with Crippen molar-refractivity contribution in [3.63, 3.8) is 0 Å². The van der Waals surface area contributed by atoms with E-state index < -0.39 is 0 Å². The molecule has 6 heteroatoms. The van der Waals surface area contributed by atoms with E-state index in [1.165, 1.54) is 0 Å². The molecule has 100 valence electrons. The van der Waals surface area contributed by atoms with Crippen LogP contribution in [0.2, 0.25) is 10.0 Å². The molecule has 1 aromatic rings. The van der Waals surface area contributed by atoms with Gasteiger partial charge in [0.15, 0.2) is 0 Å². The van der Waals surface area contributed by atoms with Crippen LogP contribution in [0.4, 0.5) is 0 Å². The normalized spacial score (nSPS) is 19.3. The van der Waals surface area contributed by atoms with Gasteiger partial charge in [0, 0.05) is 31.2 Å². The van der Waals surface area contributed by atoms with Crippen LogP contribution in [0.1, 0.15) is 17.3 Å². The Kier molecular flexibility index (Phi) is 5.73. The molecule has 1 aliphatic rings. The number of halogens is 3. The average molecular weight is 310 g/mol. The molecule has 1 amide bonds. The third-order valence-corrected chi connectivity index (χ3v) is 3.56. The number of carbonyl (C=O) groups excluding carboxylic acids is 1. The molecule has 1 heterocycles. The summed E-state index contributed by atoms with van der Waals surface area (Å²) in [5, 5.41) is 4.18. The molecule has 1 aliphatic heterocycles. The number of carbonyl (C=O) groups is 1. The number of hydrogen-bond donors (Lipinski definition) is 1. The van der Waals surface area contributed by atoms with E-state index in [1.54, 1.807) is 18.2 Å². The summed E-state index contributed by atoms with van der Waals surface area (Å²) < 4.78 is 0. The summed E-state index contributed by atoms with van der Waals surface area (Å²) in [5.74, 6) is 0.0110. The molecule has 1 atom stereocenters. The van der Waals surface area contributed by atoms with E-state index in [-0.39, 0.29) is 18.3 Å². The zero-order valence-electron chi connectivity index (χ0n) is 9.95. The molecular formula is C12H15Cl3N2O. The van der Waals surface area contributed by atoms with Crippen molar-refractivity contribution < 1.29 is 4.79 Å². The smallest absolute Gasteiger partial charge is 0.254 e. The number of nitrogens with zero attached hydrogens (tertiary/aromatic N) is 1. The summed E-state index contributed by atoms with van der Waals surface area (Å²) in [5.41, 5.74) is 0.591. The summed E-state index contributed by atoms with van der Waals surface area (Å²) >= 11 is 11.7. The van der Waals surface area contributed by atoms with Gasteiger partial charge < -0.3 is 10.2 Å². The second-order valence-corrected chi connectivity index (χ2v) is 5.05. The van der Waals surface area contributed by atoms with Crippen LogP contribution in [0.3, 0.4) is 0 Å². The summed E-state index contributed by atoms with van der Waals surface area (Å²) in [4.78, 5) is 14.0. The monoisotopic (exact) mass is 308 g/mol. The van der Waals surface area contributed by atoms with Crippen LogP contribution in [-0.2, 0) is 0 Å². The highest BCUT2D eigenvalue weighted by Gasteiger charge is 2.21. The minimum atomic E-state index is 0. The molecule has 0 bridgehead atoms. The number of amides is 1. The summed E-state index contributed by atoms with van der Waals surface area (Å²) in [6.45, 7) is 4.34. The summed E-state index contributed by atoms with van der Waals surface area (Å²) in [6, 6.07) is 5.32. The van der Waals surface area contributed by atoms with Gasteiger partial charge in [0.25, 0.3) is 5.91 Å². The van der Waals surface area contributed by atoms with Gasteiger partial charge in [0.05, 0.1) is 10.0 Å². The zero-order valence-corrected chi connectivity index (χ0v) is 12.3. The van der Waals surface area contributed by atoms with Gasteiger partial charge in [-0.2, -0.15) is 0 Å². The maximum Gasteiger partial charge on any atom is 0.254 e. The highest BCUT2D eigenvalue weighted by atomic mass is 35.5. The number of benzene rings is 1. The molecule has 2 rings (SSSR count). The minimum Gasteiger partial charge on any atom is -0.336 e. The van der Waals surface area contributed by atoms with Crippen LogP contribution < -0.4 is 5.32 Å². The number of rotatable bonds is 1. The van der Waals surface area contributed by atoms with Crippen LogP contribution in [-0.4, -0.2) is 36.5 Å². The first-order valence-electron chi connectivity index (χ1n) is 5.55. The van der Waals surface area contributed by atoms with Gasteiger partial charge in [-0.05, 0) is 25.1 Å². The Balaban J connectivity index is 0.00000162. The lowest BCUT2D eigenvalue weighted by atomic mass is 10.1. The lowest BCUT2D eigenvalue weighted by Gasteiger charge is -2.32. The number of piperazine rings is 1. The Morgan fingerprint density at radius 2 is 2.11 bits per heavy atom. The molecule has 0 radical (unpaired) electrons. The van der Waals surface area contributed by atoms with Crippen molar-refractivity contribution in [1.82, 2.24) is 10.2 Å². The average Bonchev–Trinajstić information content (AvgIpc) is 2.32. The van der Waals surface area contributed by atoms with Gasteiger partial charge in [0.1, 0.15) is 0 Å². The van der Waals surface area contributed by atoms with Crippen molar-refractivity contribution in [3.8, 4) is 0 Å². The van der Waals surface area contributed by atoms with Crippen LogP contribution in [0, 0.1) is 0 Å². The molecule has 1 fully saturated rings. The lowest BCUT2D eigenvalue weighted by molar-refractivity contribution is 0.0709. The van der Waals surface area contributed by atoms with Gasteiger partial charge in [-0.3, -0.25) is 4.79 Å². The largest absolute Gasteiger partial charge is 0.336 e. The van der Waals surface area contributed by atoms with Crippen molar-refractivity contribution >= 4 is 41.5 Å². The minimum absolute atomic E-state index is 0. The Bertz CT molecular complexity index is 439. The zero-order chi connectivity index (χ0) is 12.4. The van der Waals surface area contributed by atoms with Gasteiger partial charge in [0.2, 0.25) is 0 Å². The highest BCUT2D eigenvalue weighted by molar-refractivity contribution is 6.42. The van der Waals surface area contributed by atoms with Gasteiger partial charge in [-0.1, -0.05) is 23.2 Å². The second-order valence-electron chi connectivity index (χ2n) is 4.24. The third-order valence-electron chi connectivity index (χ3n) is 2.82. The van der Waals surface area contributed by atoms with E-state index in [0.717, 1.165) is 19.6 Å². The molecule has 1 saturated heterocycles. The van der Waals surface area contributed by atoms with Gasteiger partial charge >= 0.3 is 0 Å². The molecule has 18 heavy (non-hydrogen) atoms. The summed E-state index contributed by atoms with van der Waals surface area (Å²) in [6.07, 6.45) is 0. The first-order chi connectivity index (χ1) is 8.08. The van der Waals surface area contributed by atoms with Crippen molar-refractivity contribution in [1.29, 1.82) is 0 Å². The molecule has 0 aliphatic carbocycles. The standard InChI is InChI=1S/C12H14Cl2N2O.ClH/c1-8-7-16(5-4-15-8)12(17)9-2-3-10(13)11(14)6-9;/h2-3,6,8,15H,4-5,7H2,1H3;1H/t8-;/m1./s1. The Labute approximate surface area is 123 Å². The lowest BCUT2D eigenvalue weighted by Crippen LogP contribution is -2.51. The predicted octanol–water partition coefficient (Wildman–Crippen LogP) is 2.85. The molecule has 0 saturated carbocycles. The molecule has 0 spiro atoms. The molecule has 0 unspecified atom stereocenters. The molecule has 0 aromatic heterocycles. The fraction of sp³-hybridized carbons (Fsp3) is 0.417. The SMILES string of the molecule is C[C@@H]1CN(C(=O)c2ccc(Cl)c(Cl)c2)CCN1.Cl. The maximum atomic E-state index is 12.2. The number of nitrogens with one attached hydrogen (secondary N) is 1. The Hall–Kier alpha value is -0.480. The third kappa shape index (κ3) is 3.51. The van der Waals surface area contributed by atoms with E-state index in [0.29, 0.717) is 21.7 Å². The van der Waals surface area contributed by atoms with Crippen LogP contribution >= 0.6 is 35.6 Å². The van der Waals surface area contributed by atoms with Crippen molar-refractivity contribution in [2.75, 3.05) is 19.6 Å². The Morgan fingerprint density at radius 1 is 1.39 bits per heavy atom. The van der Waals surface area contributed by atoms with Crippen LogP contribution in [0.5, 0.6) is 0 Å². The van der Waals surface area contributed by atoms with E-state index >= 15 is 0 Å². The summed E-state index contributed by atoms with van der Waals surface area (Å²) in [7, 11) is 0. The fourth-order valence-electron chi connectivity index (χ4n) is 1.93. The molecule has 3 nitrogen and oxygen atoms in total. The van der Waals surface area contributed by atoms with E-state index in [2.05, 4.69) is 12.2 Å². The van der Waals surface area contributed by atoms with E-state index in [9.17, 15) is 4.79 Å². The van der Waals surface area contributed by atoms with Crippen LogP contribution in [0.15, 0.2) is 18.2 Å². The quantitative estimate of drug-likeness (QED) is 0.865. The van der Waals surface area contributed by atoms with Gasteiger partial charge in [-0.25, -0.2) is 0 Å². The molecular weight excluding hydrogens is 295 g/mol. The van der Waals surface area contributed by atoms with Crippen LogP contribution in [0.25, 0.3) is 0 Å². The topological polar surface area (TPSA) is 32.3 Å².